The van der Waals surface area contributed by atoms with Crippen LogP contribution in [0, 0.1) is 0 Å². The lowest BCUT2D eigenvalue weighted by molar-refractivity contribution is -0.119. The maximum absolute atomic E-state index is 12.5. The smallest absolute Gasteiger partial charge is 0.234 e. The number of halogens is 1. The summed E-state index contributed by atoms with van der Waals surface area (Å²) >= 11 is 3.49. The van der Waals surface area contributed by atoms with E-state index in [-0.39, 0.29) is 11.8 Å². The molecular weight excluding hydrogens is 330 g/mol. The van der Waals surface area contributed by atoms with Gasteiger partial charge in [-0.2, -0.15) is 0 Å². The molecule has 0 fully saturated rings. The minimum absolute atomic E-state index is 0.115. The molecule has 0 radical (unpaired) electrons. The highest BCUT2D eigenvalue weighted by atomic mass is 79.9. The average molecular weight is 346 g/mol. The Morgan fingerprint density at radius 3 is 2.57 bits per heavy atom. The average Bonchev–Trinajstić information content (AvgIpc) is 2.73. The summed E-state index contributed by atoms with van der Waals surface area (Å²) in [5.74, 6) is 0.867. The van der Waals surface area contributed by atoms with E-state index in [4.69, 9.17) is 4.74 Å². The number of likely N-dealkylation sites (N-methyl/N-ethyl adjacent to an activating group) is 1. The van der Waals surface area contributed by atoms with Gasteiger partial charge in [-0.1, -0.05) is 28.1 Å². The normalized spacial score (nSPS) is 17.0. The predicted molar refractivity (Wildman–Crippen MR) is 87.0 cm³/mol. The first kappa shape index (κ1) is 14.1. The van der Waals surface area contributed by atoms with Crippen molar-refractivity contribution in [3.8, 4) is 5.75 Å². The molecule has 0 aliphatic carbocycles. The topological polar surface area (TPSA) is 29.5 Å². The van der Waals surface area contributed by atoms with Crippen LogP contribution in [0.15, 0.2) is 46.9 Å². The van der Waals surface area contributed by atoms with Gasteiger partial charge in [0.05, 0.1) is 13.0 Å². The highest BCUT2D eigenvalue weighted by Crippen LogP contribution is 2.39. The third-order valence-corrected chi connectivity index (χ3v) is 4.45. The molecule has 0 bridgehead atoms. The van der Waals surface area contributed by atoms with Gasteiger partial charge < -0.3 is 9.64 Å². The standard InChI is InChI=1S/C17H16BrNO2/c1-19-16-8-5-12(18)10-14(16)15(17(19)20)9-11-3-6-13(21-2)7-4-11/h3-8,10,15H,9H2,1-2H3. The van der Waals surface area contributed by atoms with E-state index < -0.39 is 0 Å². The summed E-state index contributed by atoms with van der Waals surface area (Å²) in [5, 5.41) is 0. The first-order valence-corrected chi connectivity index (χ1v) is 7.59. The molecule has 1 aliphatic heterocycles. The molecule has 2 aromatic rings. The molecule has 1 aliphatic rings. The van der Waals surface area contributed by atoms with Crippen molar-refractivity contribution in [1.29, 1.82) is 0 Å². The zero-order valence-electron chi connectivity index (χ0n) is 12.0. The van der Waals surface area contributed by atoms with Gasteiger partial charge in [-0.3, -0.25) is 4.79 Å². The van der Waals surface area contributed by atoms with E-state index in [0.29, 0.717) is 6.42 Å². The third-order valence-electron chi connectivity index (χ3n) is 3.95. The van der Waals surface area contributed by atoms with E-state index in [0.717, 1.165) is 27.0 Å². The minimum Gasteiger partial charge on any atom is -0.497 e. The summed E-state index contributed by atoms with van der Waals surface area (Å²) in [6, 6.07) is 13.9. The summed E-state index contributed by atoms with van der Waals surface area (Å²) < 4.78 is 6.17. The number of carbonyl (C=O) groups is 1. The van der Waals surface area contributed by atoms with Crippen LogP contribution in [0.2, 0.25) is 0 Å². The summed E-state index contributed by atoms with van der Waals surface area (Å²) in [5.41, 5.74) is 3.23. The molecule has 0 N–H and O–H groups in total. The highest BCUT2D eigenvalue weighted by molar-refractivity contribution is 9.10. The van der Waals surface area contributed by atoms with Gasteiger partial charge in [0, 0.05) is 17.2 Å². The Labute approximate surface area is 132 Å². The second-order valence-electron chi connectivity index (χ2n) is 5.21. The fourth-order valence-corrected chi connectivity index (χ4v) is 3.17. The van der Waals surface area contributed by atoms with Gasteiger partial charge in [-0.15, -0.1) is 0 Å². The van der Waals surface area contributed by atoms with Gasteiger partial charge in [0.25, 0.3) is 0 Å². The molecule has 0 aromatic heterocycles. The van der Waals surface area contributed by atoms with Gasteiger partial charge in [0.1, 0.15) is 5.75 Å². The summed E-state index contributed by atoms with van der Waals surface area (Å²) in [6.45, 7) is 0. The molecule has 0 spiro atoms. The number of methoxy groups -OCH3 is 1. The van der Waals surface area contributed by atoms with Crippen molar-refractivity contribution in [3.05, 3.63) is 58.1 Å². The largest absolute Gasteiger partial charge is 0.497 e. The first-order valence-electron chi connectivity index (χ1n) is 6.80. The molecular formula is C17H16BrNO2. The second kappa shape index (κ2) is 5.53. The van der Waals surface area contributed by atoms with Crippen molar-refractivity contribution in [2.45, 2.75) is 12.3 Å². The number of fused-ring (bicyclic) bond motifs is 1. The van der Waals surface area contributed by atoms with Gasteiger partial charge in [0.2, 0.25) is 5.91 Å². The monoisotopic (exact) mass is 345 g/mol. The van der Waals surface area contributed by atoms with Crippen LogP contribution in [0.1, 0.15) is 17.0 Å². The van der Waals surface area contributed by atoms with E-state index in [1.807, 2.05) is 49.5 Å². The Morgan fingerprint density at radius 1 is 1.19 bits per heavy atom. The summed E-state index contributed by atoms with van der Waals surface area (Å²) in [4.78, 5) is 14.2. The van der Waals surface area contributed by atoms with Crippen LogP contribution in [0.25, 0.3) is 0 Å². The van der Waals surface area contributed by atoms with Crippen LogP contribution < -0.4 is 9.64 Å². The lowest BCUT2D eigenvalue weighted by Crippen LogP contribution is -2.24. The van der Waals surface area contributed by atoms with Crippen LogP contribution >= 0.6 is 15.9 Å². The van der Waals surface area contributed by atoms with Crippen molar-refractivity contribution in [2.24, 2.45) is 0 Å². The number of benzene rings is 2. The summed E-state index contributed by atoms with van der Waals surface area (Å²) in [6.07, 6.45) is 0.705. The van der Waals surface area contributed by atoms with Crippen LogP contribution in [0.4, 0.5) is 5.69 Å². The van der Waals surface area contributed by atoms with Crippen LogP contribution in [0.3, 0.4) is 0 Å². The van der Waals surface area contributed by atoms with Crippen LogP contribution in [-0.4, -0.2) is 20.1 Å². The zero-order valence-corrected chi connectivity index (χ0v) is 13.6. The zero-order chi connectivity index (χ0) is 15.0. The SMILES string of the molecule is COc1ccc(CC2C(=O)N(C)c3ccc(Br)cc32)cc1. The van der Waals surface area contributed by atoms with Gasteiger partial charge in [0.15, 0.2) is 0 Å². The van der Waals surface area contributed by atoms with Crippen LogP contribution in [0.5, 0.6) is 5.75 Å². The second-order valence-corrected chi connectivity index (χ2v) is 6.12. The number of ether oxygens (including phenoxy) is 1. The molecule has 0 saturated carbocycles. The molecule has 3 nitrogen and oxygen atoms in total. The minimum atomic E-state index is -0.115. The Hall–Kier alpha value is -1.81. The fourth-order valence-electron chi connectivity index (χ4n) is 2.79. The number of rotatable bonds is 3. The van der Waals surface area contributed by atoms with Crippen LogP contribution in [-0.2, 0) is 11.2 Å². The fraction of sp³-hybridized carbons (Fsp3) is 0.235. The maximum Gasteiger partial charge on any atom is 0.234 e. The molecule has 1 amide bonds. The lowest BCUT2D eigenvalue weighted by Gasteiger charge is -2.11. The van der Waals surface area contributed by atoms with Gasteiger partial charge in [-0.25, -0.2) is 0 Å². The van der Waals surface area contributed by atoms with Crippen molar-refractivity contribution >= 4 is 27.5 Å². The Bertz CT molecular complexity index is 682. The molecule has 0 saturated heterocycles. The molecule has 2 aromatic carbocycles. The molecule has 1 heterocycles. The van der Waals surface area contributed by atoms with Crippen molar-refractivity contribution < 1.29 is 9.53 Å². The van der Waals surface area contributed by atoms with E-state index >= 15 is 0 Å². The first-order chi connectivity index (χ1) is 10.1. The van der Waals surface area contributed by atoms with E-state index in [2.05, 4.69) is 15.9 Å². The van der Waals surface area contributed by atoms with E-state index in [1.165, 1.54) is 0 Å². The summed E-state index contributed by atoms with van der Waals surface area (Å²) in [7, 11) is 3.49. The lowest BCUT2D eigenvalue weighted by atomic mass is 9.93. The van der Waals surface area contributed by atoms with Crippen molar-refractivity contribution in [3.63, 3.8) is 0 Å². The van der Waals surface area contributed by atoms with Gasteiger partial charge in [-0.05, 0) is 47.9 Å². The Morgan fingerprint density at radius 2 is 1.90 bits per heavy atom. The van der Waals surface area contributed by atoms with Crippen molar-refractivity contribution in [1.82, 2.24) is 0 Å². The Balaban J connectivity index is 1.91. The predicted octanol–water partition coefficient (Wildman–Crippen LogP) is 3.76. The number of amides is 1. The number of hydrogen-bond acceptors (Lipinski definition) is 2. The highest BCUT2D eigenvalue weighted by Gasteiger charge is 2.35. The molecule has 1 unspecified atom stereocenters. The number of nitrogens with zero attached hydrogens (tertiary/aromatic N) is 1. The third kappa shape index (κ3) is 2.56. The molecule has 108 valence electrons. The van der Waals surface area contributed by atoms with Crippen molar-refractivity contribution in [2.75, 3.05) is 19.1 Å². The molecule has 1 atom stereocenters. The molecule has 3 rings (SSSR count). The quantitative estimate of drug-likeness (QED) is 0.847. The molecule has 4 heteroatoms. The number of hydrogen-bond donors (Lipinski definition) is 0. The van der Waals surface area contributed by atoms with E-state index in [9.17, 15) is 4.79 Å². The maximum atomic E-state index is 12.5. The Kier molecular flexibility index (Phi) is 3.72. The van der Waals surface area contributed by atoms with E-state index in [1.54, 1.807) is 12.0 Å². The molecule has 21 heavy (non-hydrogen) atoms. The van der Waals surface area contributed by atoms with Gasteiger partial charge >= 0.3 is 0 Å². The number of carbonyl (C=O) groups excluding carboxylic acids is 1. The number of anilines is 1.